The number of hydrogen-bond acceptors (Lipinski definition) is 5. The molecule has 2 amide bonds. The van der Waals surface area contributed by atoms with Crippen LogP contribution >= 0.6 is 15.9 Å². The zero-order chi connectivity index (χ0) is 22.1. The quantitative estimate of drug-likeness (QED) is 0.537. The van der Waals surface area contributed by atoms with Crippen LogP contribution in [0.1, 0.15) is 20.8 Å². The zero-order valence-electron chi connectivity index (χ0n) is 17.7. The molecule has 0 heterocycles. The molecule has 8 heteroatoms. The van der Waals surface area contributed by atoms with Gasteiger partial charge < -0.3 is 20.1 Å². The van der Waals surface area contributed by atoms with Crippen molar-refractivity contribution in [3.8, 4) is 11.5 Å². The van der Waals surface area contributed by atoms with Crippen LogP contribution in [0, 0.1) is 0 Å². The molecule has 1 unspecified atom stereocenters. The van der Waals surface area contributed by atoms with Crippen molar-refractivity contribution >= 4 is 39.1 Å². The number of carbonyl (C=O) groups is 2. The molecule has 0 aliphatic rings. The minimum absolute atomic E-state index is 0.0598. The first-order valence-electron chi connectivity index (χ1n) is 9.80. The maximum atomic E-state index is 12.5. The molecule has 162 valence electrons. The molecule has 0 aromatic heterocycles. The van der Waals surface area contributed by atoms with Crippen LogP contribution in [0.5, 0.6) is 11.5 Å². The predicted molar refractivity (Wildman–Crippen MR) is 122 cm³/mol. The molecule has 30 heavy (non-hydrogen) atoms. The van der Waals surface area contributed by atoms with Gasteiger partial charge in [-0.3, -0.25) is 14.5 Å². The molecule has 0 spiro atoms. The molecule has 2 aromatic rings. The van der Waals surface area contributed by atoms with E-state index in [-0.39, 0.29) is 18.4 Å². The van der Waals surface area contributed by atoms with Gasteiger partial charge >= 0.3 is 0 Å². The van der Waals surface area contributed by atoms with Gasteiger partial charge in [0.2, 0.25) is 11.8 Å². The summed E-state index contributed by atoms with van der Waals surface area (Å²) in [5, 5.41) is 5.69. The molecule has 0 fully saturated rings. The highest BCUT2D eigenvalue weighted by molar-refractivity contribution is 9.10. The van der Waals surface area contributed by atoms with E-state index in [0.29, 0.717) is 36.1 Å². The summed E-state index contributed by atoms with van der Waals surface area (Å²) in [6, 6.07) is 12.1. The molecule has 0 bridgehead atoms. The number of hydrogen-bond donors (Lipinski definition) is 2. The van der Waals surface area contributed by atoms with Crippen molar-refractivity contribution in [1.29, 1.82) is 0 Å². The van der Waals surface area contributed by atoms with E-state index in [0.717, 1.165) is 4.47 Å². The van der Waals surface area contributed by atoms with E-state index in [4.69, 9.17) is 9.47 Å². The molecule has 7 nitrogen and oxygen atoms in total. The number of halogens is 1. The fourth-order valence-corrected chi connectivity index (χ4v) is 3.11. The second-order valence-electron chi connectivity index (χ2n) is 6.67. The Morgan fingerprint density at radius 1 is 1.00 bits per heavy atom. The molecule has 1 atom stereocenters. The van der Waals surface area contributed by atoms with Crippen LogP contribution in [-0.4, -0.2) is 49.6 Å². The Hall–Kier alpha value is -2.58. The number of nitrogens with zero attached hydrogens (tertiary/aromatic N) is 1. The monoisotopic (exact) mass is 477 g/mol. The maximum absolute atomic E-state index is 12.5. The van der Waals surface area contributed by atoms with E-state index >= 15 is 0 Å². The maximum Gasteiger partial charge on any atom is 0.241 e. The number of likely N-dealkylation sites (N-methyl/N-ethyl adjacent to an activating group) is 1. The second-order valence-corrected chi connectivity index (χ2v) is 7.58. The summed E-state index contributed by atoms with van der Waals surface area (Å²) >= 11 is 3.38. The topological polar surface area (TPSA) is 79.9 Å². The van der Waals surface area contributed by atoms with Crippen LogP contribution < -0.4 is 20.1 Å². The average Bonchev–Trinajstić information content (AvgIpc) is 2.69. The van der Waals surface area contributed by atoms with E-state index in [9.17, 15) is 9.59 Å². The Kier molecular flexibility index (Phi) is 9.14. The minimum atomic E-state index is -0.492. The van der Waals surface area contributed by atoms with Crippen molar-refractivity contribution in [3.63, 3.8) is 0 Å². The van der Waals surface area contributed by atoms with Crippen LogP contribution in [-0.2, 0) is 9.59 Å². The Morgan fingerprint density at radius 3 is 2.33 bits per heavy atom. The first-order valence-corrected chi connectivity index (χ1v) is 10.6. The van der Waals surface area contributed by atoms with E-state index in [1.165, 1.54) is 0 Å². The van der Waals surface area contributed by atoms with Crippen LogP contribution in [0.2, 0.25) is 0 Å². The van der Waals surface area contributed by atoms with E-state index in [1.807, 2.05) is 38.1 Å². The molecule has 2 N–H and O–H groups in total. The second kappa shape index (κ2) is 11.6. The molecule has 0 aliphatic carbocycles. The Bertz CT molecular complexity index is 875. The largest absolute Gasteiger partial charge is 0.490 e. The molecule has 2 aromatic carbocycles. The third-order valence-corrected chi connectivity index (χ3v) is 4.85. The summed E-state index contributed by atoms with van der Waals surface area (Å²) in [5.41, 5.74) is 1.29. The normalized spacial score (nSPS) is 11.7. The predicted octanol–water partition coefficient (Wildman–Crippen LogP) is 4.14. The molecule has 0 radical (unpaired) electrons. The zero-order valence-corrected chi connectivity index (χ0v) is 19.3. The molecule has 0 saturated carbocycles. The third-order valence-electron chi connectivity index (χ3n) is 4.35. The van der Waals surface area contributed by atoms with Gasteiger partial charge in [0.05, 0.1) is 25.8 Å². The highest BCUT2D eigenvalue weighted by Crippen LogP contribution is 2.30. The summed E-state index contributed by atoms with van der Waals surface area (Å²) in [6.45, 7) is 6.61. The number of ether oxygens (including phenoxy) is 2. The summed E-state index contributed by atoms with van der Waals surface area (Å²) in [4.78, 5) is 26.6. The molecule has 0 saturated heterocycles. The van der Waals surface area contributed by atoms with Crippen LogP contribution in [0.3, 0.4) is 0 Å². The highest BCUT2D eigenvalue weighted by Gasteiger charge is 2.20. The molecular weight excluding hydrogens is 450 g/mol. The number of nitrogens with one attached hydrogen (secondary N) is 2. The van der Waals surface area contributed by atoms with Gasteiger partial charge in [0.1, 0.15) is 0 Å². The number of amides is 2. The fourth-order valence-electron chi connectivity index (χ4n) is 2.71. The highest BCUT2D eigenvalue weighted by atomic mass is 79.9. The van der Waals surface area contributed by atoms with Gasteiger partial charge in [-0.2, -0.15) is 0 Å². The van der Waals surface area contributed by atoms with Gasteiger partial charge in [-0.25, -0.2) is 0 Å². The van der Waals surface area contributed by atoms with Gasteiger partial charge in [0.25, 0.3) is 0 Å². The van der Waals surface area contributed by atoms with E-state index in [1.54, 1.807) is 37.1 Å². The summed E-state index contributed by atoms with van der Waals surface area (Å²) in [6.07, 6.45) is 0. The first-order chi connectivity index (χ1) is 14.3. The number of carbonyl (C=O) groups excluding carboxylic acids is 2. The average molecular weight is 478 g/mol. The SMILES string of the molecule is CCOc1ccc(NC(=O)CN(C)C(C)C(=O)Nc2cccc(Br)c2)cc1OCC. The van der Waals surface area contributed by atoms with Gasteiger partial charge in [-0.1, -0.05) is 22.0 Å². The van der Waals surface area contributed by atoms with E-state index in [2.05, 4.69) is 26.6 Å². The van der Waals surface area contributed by atoms with Crippen molar-refractivity contribution in [2.45, 2.75) is 26.8 Å². The van der Waals surface area contributed by atoms with Crippen molar-refractivity contribution in [3.05, 3.63) is 46.9 Å². The lowest BCUT2D eigenvalue weighted by molar-refractivity contribution is -0.122. The minimum Gasteiger partial charge on any atom is -0.490 e. The molecular formula is C22H28BrN3O4. The molecule has 2 rings (SSSR count). The standard InChI is InChI=1S/C22H28BrN3O4/c1-5-29-19-11-10-18(13-20(19)30-6-2)24-21(27)14-26(4)15(3)22(28)25-17-9-7-8-16(23)12-17/h7-13,15H,5-6,14H2,1-4H3,(H,24,27)(H,25,28). The van der Waals surface area contributed by atoms with Gasteiger partial charge in [0.15, 0.2) is 11.5 Å². The first kappa shape index (κ1) is 23.7. The van der Waals surface area contributed by atoms with Crippen LogP contribution in [0.25, 0.3) is 0 Å². The summed E-state index contributed by atoms with van der Waals surface area (Å²) < 4.78 is 12.0. The van der Waals surface area contributed by atoms with Gasteiger partial charge in [-0.15, -0.1) is 0 Å². The van der Waals surface area contributed by atoms with E-state index < -0.39 is 6.04 Å². The number of benzene rings is 2. The lowest BCUT2D eigenvalue weighted by atomic mass is 10.2. The van der Waals surface area contributed by atoms with Crippen molar-refractivity contribution in [1.82, 2.24) is 4.90 Å². The van der Waals surface area contributed by atoms with Crippen LogP contribution in [0.15, 0.2) is 46.9 Å². The van der Waals surface area contributed by atoms with Crippen molar-refractivity contribution in [2.24, 2.45) is 0 Å². The van der Waals surface area contributed by atoms with Gasteiger partial charge in [0, 0.05) is 21.9 Å². The summed E-state index contributed by atoms with van der Waals surface area (Å²) in [5.74, 6) is 0.786. The smallest absolute Gasteiger partial charge is 0.241 e. The Labute approximate surface area is 185 Å². The summed E-state index contributed by atoms with van der Waals surface area (Å²) in [7, 11) is 1.73. The fraction of sp³-hybridized carbons (Fsp3) is 0.364. The lowest BCUT2D eigenvalue weighted by Crippen LogP contribution is -2.43. The number of anilines is 2. The molecule has 0 aliphatic heterocycles. The van der Waals surface area contributed by atoms with Gasteiger partial charge in [-0.05, 0) is 58.2 Å². The Balaban J connectivity index is 1.94. The van der Waals surface area contributed by atoms with Crippen molar-refractivity contribution in [2.75, 3.05) is 37.4 Å². The van der Waals surface area contributed by atoms with Crippen molar-refractivity contribution < 1.29 is 19.1 Å². The lowest BCUT2D eigenvalue weighted by Gasteiger charge is -2.23. The number of rotatable bonds is 10. The Morgan fingerprint density at radius 2 is 1.67 bits per heavy atom. The third kappa shape index (κ3) is 7.03. The van der Waals surface area contributed by atoms with Crippen LogP contribution in [0.4, 0.5) is 11.4 Å².